The van der Waals surface area contributed by atoms with E-state index in [1.165, 1.54) is 6.42 Å². The molecule has 0 bridgehead atoms. The summed E-state index contributed by atoms with van der Waals surface area (Å²) in [4.78, 5) is 0. The molecule has 2 nitrogen and oxygen atoms in total. The molecule has 0 aromatic rings. The molecule has 1 heterocycles. The summed E-state index contributed by atoms with van der Waals surface area (Å²) in [5.74, 6) is 0.972. The van der Waals surface area contributed by atoms with Gasteiger partial charge in [-0.3, -0.25) is 0 Å². The Morgan fingerprint density at radius 3 is 2.47 bits per heavy atom. The van der Waals surface area contributed by atoms with Gasteiger partial charge in [0.05, 0.1) is 17.3 Å². The third-order valence-electron chi connectivity index (χ3n) is 5.86. The molecule has 0 aromatic heterocycles. The fraction of sp³-hybridized carbons (Fsp3) is 1.00. The van der Waals surface area contributed by atoms with E-state index in [4.69, 9.17) is 4.74 Å². The van der Waals surface area contributed by atoms with Crippen molar-refractivity contribution >= 4 is 0 Å². The lowest BCUT2D eigenvalue weighted by molar-refractivity contribution is -0.0597. The largest absolute Gasteiger partial charge is 0.390 e. The van der Waals surface area contributed by atoms with Crippen LogP contribution in [0.2, 0.25) is 0 Å². The van der Waals surface area contributed by atoms with Gasteiger partial charge in [-0.05, 0) is 56.8 Å². The average molecular weight is 238 g/mol. The second kappa shape index (κ2) is 3.27. The van der Waals surface area contributed by atoms with Crippen molar-refractivity contribution < 1.29 is 9.84 Å². The summed E-state index contributed by atoms with van der Waals surface area (Å²) >= 11 is 0. The molecule has 2 aliphatic carbocycles. The molecule has 3 rings (SSSR count). The number of hydrogen-bond acceptors (Lipinski definition) is 2. The number of hydrogen-bond donors (Lipinski definition) is 1. The minimum Gasteiger partial charge on any atom is -0.390 e. The van der Waals surface area contributed by atoms with Crippen molar-refractivity contribution in [2.24, 2.45) is 17.3 Å². The van der Waals surface area contributed by atoms with Gasteiger partial charge >= 0.3 is 0 Å². The quantitative estimate of drug-likeness (QED) is 0.658. The Morgan fingerprint density at radius 2 is 1.76 bits per heavy atom. The van der Waals surface area contributed by atoms with Crippen LogP contribution in [0.1, 0.15) is 59.8 Å². The van der Waals surface area contributed by atoms with Crippen molar-refractivity contribution in [1.82, 2.24) is 0 Å². The van der Waals surface area contributed by atoms with E-state index in [1.807, 2.05) is 0 Å². The third kappa shape index (κ3) is 1.67. The highest BCUT2D eigenvalue weighted by molar-refractivity contribution is 5.14. The average Bonchev–Trinajstić information content (AvgIpc) is 2.86. The topological polar surface area (TPSA) is 32.8 Å². The van der Waals surface area contributed by atoms with Crippen LogP contribution in [0, 0.1) is 17.3 Å². The molecule has 17 heavy (non-hydrogen) atoms. The SMILES string of the molecule is CC1(C)CCCC(C)(O)C2CCC3(C)OC3C21. The molecule has 3 fully saturated rings. The lowest BCUT2D eigenvalue weighted by Gasteiger charge is -2.45. The van der Waals surface area contributed by atoms with Crippen LogP contribution in [0.25, 0.3) is 0 Å². The molecule has 98 valence electrons. The zero-order valence-corrected chi connectivity index (χ0v) is 11.6. The fourth-order valence-electron chi connectivity index (χ4n) is 4.65. The summed E-state index contributed by atoms with van der Waals surface area (Å²) in [7, 11) is 0. The standard InChI is InChI=1S/C15H26O2/c1-13(2)7-5-8-14(3,16)10-6-9-15(4)12(17-15)11(10)13/h10-12,16H,5-9H2,1-4H3. The van der Waals surface area contributed by atoms with Crippen molar-refractivity contribution in [3.63, 3.8) is 0 Å². The predicted octanol–water partition coefficient (Wildman–Crippen LogP) is 3.13. The first-order valence-electron chi connectivity index (χ1n) is 7.17. The predicted molar refractivity (Wildman–Crippen MR) is 67.7 cm³/mol. The maximum absolute atomic E-state index is 10.7. The minimum absolute atomic E-state index is 0.138. The normalized spacial score (nSPS) is 56.6. The van der Waals surface area contributed by atoms with Gasteiger partial charge in [-0.15, -0.1) is 0 Å². The van der Waals surface area contributed by atoms with Gasteiger partial charge in [0.1, 0.15) is 0 Å². The van der Waals surface area contributed by atoms with Gasteiger partial charge in [-0.2, -0.15) is 0 Å². The Bertz CT molecular complexity index is 334. The number of ether oxygens (including phenoxy) is 1. The van der Waals surface area contributed by atoms with Gasteiger partial charge in [0.2, 0.25) is 0 Å². The molecule has 2 saturated carbocycles. The molecule has 0 spiro atoms. The van der Waals surface area contributed by atoms with E-state index in [-0.39, 0.29) is 5.60 Å². The van der Waals surface area contributed by atoms with Crippen molar-refractivity contribution in [2.45, 2.75) is 77.1 Å². The molecule has 1 N–H and O–H groups in total. The third-order valence-corrected chi connectivity index (χ3v) is 5.86. The van der Waals surface area contributed by atoms with Crippen LogP contribution >= 0.6 is 0 Å². The lowest BCUT2D eigenvalue weighted by atomic mass is 9.60. The summed E-state index contributed by atoms with van der Waals surface area (Å²) < 4.78 is 6.01. The van der Waals surface area contributed by atoms with Gasteiger partial charge in [-0.1, -0.05) is 20.3 Å². The monoisotopic (exact) mass is 238 g/mol. The smallest absolute Gasteiger partial charge is 0.0923 e. The summed E-state index contributed by atoms with van der Waals surface area (Å²) in [6.45, 7) is 9.06. The van der Waals surface area contributed by atoms with Crippen molar-refractivity contribution in [2.75, 3.05) is 0 Å². The van der Waals surface area contributed by atoms with Crippen LogP contribution in [0.5, 0.6) is 0 Å². The van der Waals surface area contributed by atoms with Crippen LogP contribution < -0.4 is 0 Å². The molecule has 1 aliphatic heterocycles. The van der Waals surface area contributed by atoms with E-state index in [0.29, 0.717) is 23.4 Å². The van der Waals surface area contributed by atoms with E-state index in [9.17, 15) is 5.11 Å². The van der Waals surface area contributed by atoms with E-state index in [2.05, 4.69) is 27.7 Å². The van der Waals surface area contributed by atoms with E-state index in [0.717, 1.165) is 25.7 Å². The van der Waals surface area contributed by atoms with Crippen molar-refractivity contribution in [3.8, 4) is 0 Å². The van der Waals surface area contributed by atoms with Gasteiger partial charge in [-0.25, -0.2) is 0 Å². The summed E-state index contributed by atoms with van der Waals surface area (Å²) in [5, 5.41) is 10.7. The first-order valence-corrected chi connectivity index (χ1v) is 7.17. The Labute approximate surface area is 105 Å². The number of aliphatic hydroxyl groups is 1. The molecule has 5 unspecified atom stereocenters. The molecule has 5 atom stereocenters. The zero-order chi connectivity index (χ0) is 12.5. The Morgan fingerprint density at radius 1 is 1.06 bits per heavy atom. The first kappa shape index (κ1) is 12.0. The highest BCUT2D eigenvalue weighted by Gasteiger charge is 2.66. The fourth-order valence-corrected chi connectivity index (χ4v) is 4.65. The summed E-state index contributed by atoms with van der Waals surface area (Å²) in [6.07, 6.45) is 6.00. The summed E-state index contributed by atoms with van der Waals surface area (Å²) in [5.41, 5.74) is -0.0292. The summed E-state index contributed by atoms with van der Waals surface area (Å²) in [6, 6.07) is 0. The van der Waals surface area contributed by atoms with Gasteiger partial charge in [0, 0.05) is 0 Å². The molecule has 1 saturated heterocycles. The Balaban J connectivity index is 1.97. The maximum atomic E-state index is 10.7. The van der Waals surface area contributed by atoms with Crippen LogP contribution in [0.4, 0.5) is 0 Å². The van der Waals surface area contributed by atoms with E-state index in [1.54, 1.807) is 0 Å². The van der Waals surface area contributed by atoms with Crippen LogP contribution in [-0.2, 0) is 4.74 Å². The maximum Gasteiger partial charge on any atom is 0.0923 e. The molecule has 2 heteroatoms. The second-order valence-corrected chi connectivity index (χ2v) is 7.72. The van der Waals surface area contributed by atoms with Crippen molar-refractivity contribution in [1.29, 1.82) is 0 Å². The Kier molecular flexibility index (Phi) is 2.30. The highest BCUT2D eigenvalue weighted by atomic mass is 16.6. The second-order valence-electron chi connectivity index (χ2n) is 7.72. The van der Waals surface area contributed by atoms with Gasteiger partial charge in [0.25, 0.3) is 0 Å². The van der Waals surface area contributed by atoms with Crippen LogP contribution in [0.3, 0.4) is 0 Å². The first-order chi connectivity index (χ1) is 7.76. The molecular formula is C15H26O2. The molecule has 0 amide bonds. The van der Waals surface area contributed by atoms with E-state index >= 15 is 0 Å². The lowest BCUT2D eigenvalue weighted by Crippen LogP contribution is -2.48. The molecule has 0 aromatic carbocycles. The zero-order valence-electron chi connectivity index (χ0n) is 11.6. The molecular weight excluding hydrogens is 212 g/mol. The van der Waals surface area contributed by atoms with E-state index < -0.39 is 5.60 Å². The van der Waals surface area contributed by atoms with Gasteiger partial charge in [0.15, 0.2) is 0 Å². The number of fused-ring (bicyclic) bond motifs is 3. The molecule has 3 aliphatic rings. The minimum atomic E-state index is -0.480. The number of rotatable bonds is 0. The molecule has 0 radical (unpaired) electrons. The Hall–Kier alpha value is -0.0800. The van der Waals surface area contributed by atoms with Crippen LogP contribution in [0.15, 0.2) is 0 Å². The highest BCUT2D eigenvalue weighted by Crippen LogP contribution is 2.62. The van der Waals surface area contributed by atoms with Crippen LogP contribution in [-0.4, -0.2) is 22.4 Å². The number of epoxide rings is 1. The van der Waals surface area contributed by atoms with Gasteiger partial charge < -0.3 is 9.84 Å². The van der Waals surface area contributed by atoms with Crippen molar-refractivity contribution in [3.05, 3.63) is 0 Å².